The van der Waals surface area contributed by atoms with Gasteiger partial charge in [-0.15, -0.1) is 0 Å². The van der Waals surface area contributed by atoms with Crippen LogP contribution in [0.4, 0.5) is 0 Å². The molecule has 0 saturated heterocycles. The van der Waals surface area contributed by atoms with Crippen molar-refractivity contribution in [1.29, 1.82) is 0 Å². The van der Waals surface area contributed by atoms with Crippen LogP contribution in [-0.2, 0) is 22.6 Å². The monoisotopic (exact) mass is 440 g/mol. The van der Waals surface area contributed by atoms with Crippen LogP contribution in [0.15, 0.2) is 91.0 Å². The number of para-hydroxylation sites is 1. The molecule has 1 amide bonds. The predicted octanol–water partition coefficient (Wildman–Crippen LogP) is 4.33. The smallest absolute Gasteiger partial charge is 0.328 e. The highest BCUT2D eigenvalue weighted by Crippen LogP contribution is 2.16. The van der Waals surface area contributed by atoms with Crippen LogP contribution in [0.25, 0.3) is 10.9 Å². The van der Waals surface area contributed by atoms with Crippen molar-refractivity contribution in [2.45, 2.75) is 19.1 Å². The van der Waals surface area contributed by atoms with Gasteiger partial charge in [0.15, 0.2) is 0 Å². The number of carbonyl (C=O) groups excluding carboxylic acids is 2. The van der Waals surface area contributed by atoms with E-state index in [1.807, 2.05) is 84.9 Å². The van der Waals surface area contributed by atoms with Crippen molar-refractivity contribution in [2.75, 3.05) is 7.11 Å². The van der Waals surface area contributed by atoms with E-state index in [0.717, 1.165) is 22.3 Å². The third kappa shape index (κ3) is 5.74. The first-order valence-electron chi connectivity index (χ1n) is 10.6. The molecular weight excluding hydrogens is 416 g/mol. The standard InChI is InChI=1S/C27H24N2O4/c1-32-27(31)25(29-26(30)24-16-13-21-9-5-6-10-23(21)28-24)17-19-11-14-22(15-12-19)33-18-20-7-3-2-4-8-20/h2-16,25H,17-18H2,1H3,(H,29,30)/t25-/m0/s1. The summed E-state index contributed by atoms with van der Waals surface area (Å²) in [4.78, 5) is 29.5. The highest BCUT2D eigenvalue weighted by atomic mass is 16.5. The first kappa shape index (κ1) is 22.0. The van der Waals surface area contributed by atoms with Crippen molar-refractivity contribution in [3.05, 3.63) is 108 Å². The Morgan fingerprint density at radius 3 is 2.33 bits per heavy atom. The molecule has 0 aliphatic rings. The van der Waals surface area contributed by atoms with Crippen LogP contribution in [0.5, 0.6) is 5.75 Å². The molecule has 0 saturated carbocycles. The maximum Gasteiger partial charge on any atom is 0.328 e. The number of amides is 1. The Labute approximate surface area is 192 Å². The van der Waals surface area contributed by atoms with E-state index in [1.54, 1.807) is 6.07 Å². The second-order valence-corrected chi connectivity index (χ2v) is 7.56. The summed E-state index contributed by atoms with van der Waals surface area (Å²) in [6.45, 7) is 0.472. The number of aromatic nitrogens is 1. The zero-order valence-corrected chi connectivity index (χ0v) is 18.2. The molecular formula is C27H24N2O4. The Balaban J connectivity index is 1.41. The van der Waals surface area contributed by atoms with E-state index in [4.69, 9.17) is 9.47 Å². The number of ether oxygens (including phenoxy) is 2. The largest absolute Gasteiger partial charge is 0.489 e. The molecule has 3 aromatic carbocycles. The number of rotatable bonds is 8. The molecule has 6 heteroatoms. The van der Waals surface area contributed by atoms with E-state index in [2.05, 4.69) is 10.3 Å². The Kier molecular flexibility index (Phi) is 6.95. The number of carbonyl (C=O) groups is 2. The number of nitrogens with one attached hydrogen (secondary N) is 1. The van der Waals surface area contributed by atoms with Crippen LogP contribution in [0.2, 0.25) is 0 Å². The fraction of sp³-hybridized carbons (Fsp3) is 0.148. The average molecular weight is 440 g/mol. The van der Waals surface area contributed by atoms with Crippen LogP contribution in [0, 0.1) is 0 Å². The zero-order chi connectivity index (χ0) is 23.0. The predicted molar refractivity (Wildman–Crippen MR) is 126 cm³/mol. The number of hydrogen-bond acceptors (Lipinski definition) is 5. The fourth-order valence-electron chi connectivity index (χ4n) is 3.46. The fourth-order valence-corrected chi connectivity index (χ4v) is 3.46. The summed E-state index contributed by atoms with van der Waals surface area (Å²) in [5, 5.41) is 3.69. The molecule has 1 aromatic heterocycles. The van der Waals surface area contributed by atoms with E-state index in [9.17, 15) is 9.59 Å². The lowest BCUT2D eigenvalue weighted by Crippen LogP contribution is -2.43. The van der Waals surface area contributed by atoms with Crippen LogP contribution < -0.4 is 10.1 Å². The summed E-state index contributed by atoms with van der Waals surface area (Å²) in [6.07, 6.45) is 0.283. The van der Waals surface area contributed by atoms with Gasteiger partial charge in [0, 0.05) is 11.8 Å². The SMILES string of the molecule is COC(=O)[C@H](Cc1ccc(OCc2ccccc2)cc1)NC(=O)c1ccc2ccccc2n1. The van der Waals surface area contributed by atoms with E-state index in [1.165, 1.54) is 7.11 Å². The number of methoxy groups -OCH3 is 1. The average Bonchev–Trinajstić information content (AvgIpc) is 2.87. The van der Waals surface area contributed by atoms with E-state index in [-0.39, 0.29) is 12.1 Å². The molecule has 0 aliphatic carbocycles. The molecule has 0 aliphatic heterocycles. The summed E-state index contributed by atoms with van der Waals surface area (Å²) >= 11 is 0. The maximum atomic E-state index is 12.8. The van der Waals surface area contributed by atoms with Gasteiger partial charge in [-0.2, -0.15) is 0 Å². The summed E-state index contributed by atoms with van der Waals surface area (Å²) in [7, 11) is 1.30. The summed E-state index contributed by atoms with van der Waals surface area (Å²) < 4.78 is 10.7. The second kappa shape index (κ2) is 10.4. The van der Waals surface area contributed by atoms with Crippen LogP contribution in [0.1, 0.15) is 21.6 Å². The van der Waals surface area contributed by atoms with Gasteiger partial charge < -0.3 is 14.8 Å². The molecule has 33 heavy (non-hydrogen) atoms. The van der Waals surface area contributed by atoms with Crippen molar-refractivity contribution in [1.82, 2.24) is 10.3 Å². The van der Waals surface area contributed by atoms with Gasteiger partial charge in [-0.3, -0.25) is 4.79 Å². The number of esters is 1. The van der Waals surface area contributed by atoms with Crippen molar-refractivity contribution >= 4 is 22.8 Å². The first-order chi connectivity index (χ1) is 16.1. The van der Waals surface area contributed by atoms with Crippen molar-refractivity contribution in [2.24, 2.45) is 0 Å². The Bertz CT molecular complexity index is 1240. The molecule has 166 valence electrons. The topological polar surface area (TPSA) is 77.5 Å². The molecule has 4 aromatic rings. The second-order valence-electron chi connectivity index (χ2n) is 7.56. The molecule has 0 spiro atoms. The highest BCUT2D eigenvalue weighted by Gasteiger charge is 2.23. The van der Waals surface area contributed by atoms with Gasteiger partial charge >= 0.3 is 5.97 Å². The van der Waals surface area contributed by atoms with Gasteiger partial charge in [0.1, 0.15) is 24.1 Å². The maximum absolute atomic E-state index is 12.8. The molecule has 1 heterocycles. The van der Waals surface area contributed by atoms with Gasteiger partial charge in [0.05, 0.1) is 12.6 Å². The van der Waals surface area contributed by atoms with Crippen LogP contribution in [-0.4, -0.2) is 30.0 Å². The number of fused-ring (bicyclic) bond motifs is 1. The lowest BCUT2D eigenvalue weighted by Gasteiger charge is -2.17. The van der Waals surface area contributed by atoms with Gasteiger partial charge in [0.2, 0.25) is 0 Å². The van der Waals surface area contributed by atoms with Gasteiger partial charge in [-0.25, -0.2) is 9.78 Å². The minimum absolute atomic E-state index is 0.243. The van der Waals surface area contributed by atoms with Crippen molar-refractivity contribution < 1.29 is 19.1 Å². The van der Waals surface area contributed by atoms with Gasteiger partial charge in [0.25, 0.3) is 5.91 Å². The summed E-state index contributed by atoms with van der Waals surface area (Å²) in [5.41, 5.74) is 2.90. The minimum atomic E-state index is -0.841. The molecule has 0 radical (unpaired) electrons. The molecule has 0 fully saturated rings. The molecule has 0 bridgehead atoms. The number of benzene rings is 3. The van der Waals surface area contributed by atoms with Crippen molar-refractivity contribution in [3.8, 4) is 5.75 Å². The molecule has 6 nitrogen and oxygen atoms in total. The Morgan fingerprint density at radius 2 is 1.58 bits per heavy atom. The number of nitrogens with zero attached hydrogens (tertiary/aromatic N) is 1. The van der Waals surface area contributed by atoms with E-state index >= 15 is 0 Å². The Hall–Kier alpha value is -4.19. The lowest BCUT2D eigenvalue weighted by atomic mass is 10.1. The number of pyridine rings is 1. The quantitative estimate of drug-likeness (QED) is 0.413. The van der Waals surface area contributed by atoms with Crippen molar-refractivity contribution in [3.63, 3.8) is 0 Å². The zero-order valence-electron chi connectivity index (χ0n) is 18.2. The van der Waals surface area contributed by atoms with Crippen LogP contribution in [0.3, 0.4) is 0 Å². The highest BCUT2D eigenvalue weighted by molar-refractivity contribution is 5.97. The lowest BCUT2D eigenvalue weighted by molar-refractivity contribution is -0.142. The summed E-state index contributed by atoms with van der Waals surface area (Å²) in [5.74, 6) is -0.228. The van der Waals surface area contributed by atoms with Gasteiger partial charge in [-0.1, -0.05) is 66.7 Å². The third-order valence-corrected chi connectivity index (χ3v) is 5.23. The Morgan fingerprint density at radius 1 is 0.848 bits per heavy atom. The van der Waals surface area contributed by atoms with Gasteiger partial charge in [-0.05, 0) is 35.4 Å². The normalized spacial score (nSPS) is 11.5. The van der Waals surface area contributed by atoms with Crippen LogP contribution >= 0.6 is 0 Å². The number of hydrogen-bond donors (Lipinski definition) is 1. The third-order valence-electron chi connectivity index (χ3n) is 5.23. The summed E-state index contributed by atoms with van der Waals surface area (Å²) in [6, 6.07) is 27.5. The molecule has 0 unspecified atom stereocenters. The minimum Gasteiger partial charge on any atom is -0.489 e. The molecule has 1 N–H and O–H groups in total. The molecule has 4 rings (SSSR count). The van der Waals surface area contributed by atoms with E-state index < -0.39 is 17.9 Å². The van der Waals surface area contributed by atoms with E-state index in [0.29, 0.717) is 12.1 Å². The molecule has 1 atom stereocenters. The first-order valence-corrected chi connectivity index (χ1v) is 10.6.